The van der Waals surface area contributed by atoms with Gasteiger partial charge in [0, 0.05) is 12.6 Å². The molecule has 14 heavy (non-hydrogen) atoms. The summed E-state index contributed by atoms with van der Waals surface area (Å²) in [6.45, 7) is 8.84. The van der Waals surface area contributed by atoms with E-state index in [-0.39, 0.29) is 12.2 Å². The summed E-state index contributed by atoms with van der Waals surface area (Å²) in [6, 6.07) is 0.448. The largest absolute Gasteiger partial charge is 0.447 e. The normalized spacial score (nSPS) is 16.1. The Kier molecular flexibility index (Phi) is 3.78. The van der Waals surface area contributed by atoms with Crippen molar-refractivity contribution in [2.75, 3.05) is 6.54 Å². The summed E-state index contributed by atoms with van der Waals surface area (Å²) in [5.41, 5.74) is 0. The Labute approximate surface area is 86.4 Å². The van der Waals surface area contributed by atoms with Gasteiger partial charge < -0.3 is 9.64 Å². The number of carbonyl (C=O) groups excluding carboxylic acids is 1. The van der Waals surface area contributed by atoms with Gasteiger partial charge in [0.25, 0.3) is 0 Å². The summed E-state index contributed by atoms with van der Waals surface area (Å²) in [6.07, 6.45) is 2.12. The topological polar surface area (TPSA) is 29.5 Å². The van der Waals surface area contributed by atoms with Crippen LogP contribution >= 0.6 is 0 Å². The molecular formula is C11H21NO2. The Morgan fingerprint density at radius 2 is 1.93 bits per heavy atom. The molecule has 0 bridgehead atoms. The van der Waals surface area contributed by atoms with Gasteiger partial charge in [-0.2, -0.15) is 0 Å². The Balaban J connectivity index is 2.44. The second kappa shape index (κ2) is 4.67. The second-order valence-electron chi connectivity index (χ2n) is 4.71. The smallest absolute Gasteiger partial charge is 0.410 e. The molecular weight excluding hydrogens is 178 g/mol. The minimum atomic E-state index is -0.142. The zero-order chi connectivity index (χ0) is 10.7. The van der Waals surface area contributed by atoms with Crippen LogP contribution in [0.1, 0.15) is 40.5 Å². The Hall–Kier alpha value is -0.730. The number of nitrogens with zero attached hydrogens (tertiary/aromatic N) is 1. The molecule has 0 unspecified atom stereocenters. The fourth-order valence-electron chi connectivity index (χ4n) is 1.42. The maximum absolute atomic E-state index is 11.7. The first-order valence-electron chi connectivity index (χ1n) is 5.48. The van der Waals surface area contributed by atoms with Crippen molar-refractivity contribution in [3.63, 3.8) is 0 Å². The van der Waals surface area contributed by atoms with Gasteiger partial charge in [0.1, 0.15) is 0 Å². The van der Waals surface area contributed by atoms with Crippen LogP contribution in [-0.2, 0) is 4.74 Å². The van der Waals surface area contributed by atoms with E-state index in [4.69, 9.17) is 4.74 Å². The van der Waals surface area contributed by atoms with Gasteiger partial charge in [-0.15, -0.1) is 0 Å². The summed E-state index contributed by atoms with van der Waals surface area (Å²) >= 11 is 0. The average Bonchev–Trinajstić information content (AvgIpc) is 2.80. The van der Waals surface area contributed by atoms with Gasteiger partial charge in [-0.25, -0.2) is 4.79 Å². The van der Waals surface area contributed by atoms with Gasteiger partial charge in [0.05, 0.1) is 6.10 Å². The molecule has 1 aliphatic carbocycles. The van der Waals surface area contributed by atoms with Crippen molar-refractivity contribution >= 4 is 6.09 Å². The Bertz CT molecular complexity index is 197. The summed E-state index contributed by atoms with van der Waals surface area (Å²) < 4.78 is 5.20. The van der Waals surface area contributed by atoms with E-state index in [0.717, 1.165) is 19.4 Å². The monoisotopic (exact) mass is 199 g/mol. The number of carbonyl (C=O) groups is 1. The first-order chi connectivity index (χ1) is 6.50. The lowest BCUT2D eigenvalue weighted by atomic mass is 10.2. The van der Waals surface area contributed by atoms with E-state index in [1.54, 1.807) is 0 Å². The lowest BCUT2D eigenvalue weighted by Gasteiger charge is -2.24. The van der Waals surface area contributed by atoms with E-state index in [0.29, 0.717) is 12.0 Å². The molecule has 0 radical (unpaired) electrons. The molecule has 1 rings (SSSR count). The van der Waals surface area contributed by atoms with Gasteiger partial charge in [0.2, 0.25) is 0 Å². The minimum Gasteiger partial charge on any atom is -0.447 e. The van der Waals surface area contributed by atoms with Crippen LogP contribution in [0.4, 0.5) is 4.79 Å². The highest BCUT2D eigenvalue weighted by atomic mass is 16.6. The Morgan fingerprint density at radius 1 is 1.36 bits per heavy atom. The number of hydrogen-bond acceptors (Lipinski definition) is 2. The summed E-state index contributed by atoms with van der Waals surface area (Å²) in [5, 5.41) is 0. The van der Waals surface area contributed by atoms with Crippen LogP contribution < -0.4 is 0 Å². The third kappa shape index (κ3) is 3.56. The van der Waals surface area contributed by atoms with Gasteiger partial charge in [0.15, 0.2) is 0 Å². The zero-order valence-electron chi connectivity index (χ0n) is 9.62. The van der Waals surface area contributed by atoms with E-state index < -0.39 is 0 Å². The van der Waals surface area contributed by atoms with Crippen LogP contribution in [0.5, 0.6) is 0 Å². The predicted molar refractivity (Wildman–Crippen MR) is 56.2 cm³/mol. The molecule has 0 saturated heterocycles. The standard InChI is InChI=1S/C11H21NO2/c1-8(2)7-12(10-5-6-10)11(13)14-9(3)4/h8-10H,5-7H2,1-4H3. The first kappa shape index (κ1) is 11.3. The van der Waals surface area contributed by atoms with E-state index in [9.17, 15) is 4.79 Å². The molecule has 3 nitrogen and oxygen atoms in total. The summed E-state index contributed by atoms with van der Waals surface area (Å²) in [4.78, 5) is 13.6. The molecule has 82 valence electrons. The number of amides is 1. The van der Waals surface area contributed by atoms with Crippen molar-refractivity contribution in [1.29, 1.82) is 0 Å². The molecule has 0 aromatic rings. The van der Waals surface area contributed by atoms with Gasteiger partial charge >= 0.3 is 6.09 Å². The number of rotatable bonds is 4. The van der Waals surface area contributed by atoms with Crippen molar-refractivity contribution in [3.05, 3.63) is 0 Å². The van der Waals surface area contributed by atoms with E-state index in [1.807, 2.05) is 18.7 Å². The fraction of sp³-hybridized carbons (Fsp3) is 0.909. The number of ether oxygens (including phenoxy) is 1. The van der Waals surface area contributed by atoms with Crippen LogP contribution in [0, 0.1) is 5.92 Å². The predicted octanol–water partition coefficient (Wildman–Crippen LogP) is 2.65. The van der Waals surface area contributed by atoms with Crippen molar-refractivity contribution in [1.82, 2.24) is 4.90 Å². The highest BCUT2D eigenvalue weighted by Crippen LogP contribution is 2.28. The van der Waals surface area contributed by atoms with E-state index >= 15 is 0 Å². The molecule has 0 aliphatic heterocycles. The quantitative estimate of drug-likeness (QED) is 0.696. The SMILES string of the molecule is CC(C)CN(C(=O)OC(C)C)C1CC1. The third-order valence-electron chi connectivity index (χ3n) is 2.12. The molecule has 0 spiro atoms. The van der Waals surface area contributed by atoms with Crippen LogP contribution in [0.15, 0.2) is 0 Å². The van der Waals surface area contributed by atoms with Gasteiger partial charge in [-0.05, 0) is 32.6 Å². The van der Waals surface area contributed by atoms with E-state index in [2.05, 4.69) is 13.8 Å². The average molecular weight is 199 g/mol. The maximum Gasteiger partial charge on any atom is 0.410 e. The van der Waals surface area contributed by atoms with Crippen LogP contribution in [-0.4, -0.2) is 29.7 Å². The second-order valence-corrected chi connectivity index (χ2v) is 4.71. The molecule has 1 aliphatic rings. The molecule has 0 aromatic heterocycles. The van der Waals surface area contributed by atoms with Crippen molar-refractivity contribution in [2.24, 2.45) is 5.92 Å². The fourth-order valence-corrected chi connectivity index (χ4v) is 1.42. The van der Waals surface area contributed by atoms with Crippen molar-refractivity contribution in [3.8, 4) is 0 Å². The zero-order valence-corrected chi connectivity index (χ0v) is 9.62. The van der Waals surface area contributed by atoms with E-state index in [1.165, 1.54) is 0 Å². The maximum atomic E-state index is 11.7. The molecule has 1 fully saturated rings. The molecule has 3 heteroatoms. The van der Waals surface area contributed by atoms with Crippen molar-refractivity contribution in [2.45, 2.75) is 52.7 Å². The molecule has 1 amide bonds. The molecule has 0 aromatic carbocycles. The highest BCUT2D eigenvalue weighted by Gasteiger charge is 2.33. The summed E-state index contributed by atoms with van der Waals surface area (Å²) in [7, 11) is 0. The Morgan fingerprint density at radius 3 is 2.29 bits per heavy atom. The van der Waals surface area contributed by atoms with Crippen LogP contribution in [0.3, 0.4) is 0 Å². The third-order valence-corrected chi connectivity index (χ3v) is 2.12. The minimum absolute atomic E-state index is 0.0177. The lowest BCUT2D eigenvalue weighted by molar-refractivity contribution is 0.0708. The molecule has 0 atom stereocenters. The molecule has 0 heterocycles. The van der Waals surface area contributed by atoms with Gasteiger partial charge in [-0.3, -0.25) is 0 Å². The molecule has 1 saturated carbocycles. The van der Waals surface area contributed by atoms with Crippen LogP contribution in [0.2, 0.25) is 0 Å². The van der Waals surface area contributed by atoms with Gasteiger partial charge in [-0.1, -0.05) is 13.8 Å². The number of hydrogen-bond donors (Lipinski definition) is 0. The summed E-state index contributed by atoms with van der Waals surface area (Å²) in [5.74, 6) is 0.510. The highest BCUT2D eigenvalue weighted by molar-refractivity contribution is 5.68. The van der Waals surface area contributed by atoms with Crippen molar-refractivity contribution < 1.29 is 9.53 Å². The van der Waals surface area contributed by atoms with Crippen LogP contribution in [0.25, 0.3) is 0 Å². The molecule has 0 N–H and O–H groups in total. The first-order valence-corrected chi connectivity index (χ1v) is 5.48. The lowest BCUT2D eigenvalue weighted by Crippen LogP contribution is -2.37.